The molecule has 1 aromatic carbocycles. The number of hydrogen-bond acceptors (Lipinski definition) is 6. The van der Waals surface area contributed by atoms with Crippen molar-refractivity contribution in [3.63, 3.8) is 0 Å². The van der Waals surface area contributed by atoms with E-state index >= 15 is 0 Å². The van der Waals surface area contributed by atoms with E-state index < -0.39 is 33.5 Å². The van der Waals surface area contributed by atoms with Gasteiger partial charge in [-0.05, 0) is 29.9 Å². The molecule has 2 aliphatic rings. The topological polar surface area (TPSA) is 124 Å². The Morgan fingerprint density at radius 2 is 1.10 bits per heavy atom. The Kier molecular flexibility index (Phi) is 5.18. The van der Waals surface area contributed by atoms with Crippen LogP contribution in [0.4, 0.5) is 5.69 Å². The Bertz CT molecular complexity index is 885. The van der Waals surface area contributed by atoms with E-state index in [1.807, 2.05) is 27.7 Å². The van der Waals surface area contributed by atoms with E-state index in [0.717, 1.165) is 0 Å². The van der Waals surface area contributed by atoms with Gasteiger partial charge in [-0.2, -0.15) is 0 Å². The van der Waals surface area contributed by atoms with Crippen LogP contribution in [0.5, 0.6) is 0 Å². The second-order valence-electron chi connectivity index (χ2n) is 9.25. The first kappa shape index (κ1) is 21.5. The van der Waals surface area contributed by atoms with Crippen LogP contribution in [0.3, 0.4) is 0 Å². The minimum Gasteiger partial charge on any atom is -0.512 e. The number of nitro groups is 1. The molecule has 0 aliphatic heterocycles. The van der Waals surface area contributed by atoms with Crippen molar-refractivity contribution in [3.8, 4) is 0 Å². The zero-order valence-electron chi connectivity index (χ0n) is 17.4. The van der Waals surface area contributed by atoms with Crippen LogP contribution in [0, 0.1) is 32.8 Å². The normalized spacial score (nSPS) is 21.5. The molecule has 3 rings (SSSR count). The van der Waals surface area contributed by atoms with Gasteiger partial charge in [0.1, 0.15) is 23.0 Å². The van der Waals surface area contributed by atoms with Crippen LogP contribution >= 0.6 is 0 Å². The lowest BCUT2D eigenvalue weighted by molar-refractivity contribution is -0.384. The third-order valence-electron chi connectivity index (χ3n) is 5.56. The van der Waals surface area contributed by atoms with Gasteiger partial charge < -0.3 is 20.4 Å². The van der Waals surface area contributed by atoms with Crippen molar-refractivity contribution in [1.29, 1.82) is 0 Å². The van der Waals surface area contributed by atoms with Gasteiger partial charge in [0.05, 0.1) is 16.8 Å². The highest BCUT2D eigenvalue weighted by molar-refractivity contribution is 5.42. The van der Waals surface area contributed by atoms with Crippen molar-refractivity contribution in [3.05, 3.63) is 87.3 Å². The number of rotatable bonds is 4. The van der Waals surface area contributed by atoms with Crippen LogP contribution in [0.25, 0.3) is 0 Å². The Morgan fingerprint density at radius 3 is 1.40 bits per heavy atom. The first-order chi connectivity index (χ1) is 13.8. The van der Waals surface area contributed by atoms with Crippen molar-refractivity contribution >= 4 is 5.69 Å². The summed E-state index contributed by atoms with van der Waals surface area (Å²) < 4.78 is 0. The summed E-state index contributed by atoms with van der Waals surface area (Å²) in [7, 11) is 0. The molecular weight excluding hydrogens is 386 g/mol. The number of nitro benzene ring substituents is 1. The first-order valence-electron chi connectivity index (χ1n) is 9.72. The molecule has 4 N–H and O–H groups in total. The molecule has 0 radical (unpaired) electrons. The van der Waals surface area contributed by atoms with E-state index in [4.69, 9.17) is 0 Å². The molecule has 0 fully saturated rings. The molecule has 0 atom stereocenters. The average Bonchev–Trinajstić information content (AvgIpc) is 2.57. The number of hydrogen-bond donors (Lipinski definition) is 4. The summed E-state index contributed by atoms with van der Waals surface area (Å²) in [6.45, 7) is 7.31. The minimum absolute atomic E-state index is 0.0891. The molecule has 160 valence electrons. The zero-order chi connectivity index (χ0) is 22.4. The van der Waals surface area contributed by atoms with Crippen molar-refractivity contribution in [2.45, 2.75) is 33.6 Å². The fourth-order valence-electron chi connectivity index (χ4n) is 4.40. The molecule has 1 aromatic rings. The Hall–Kier alpha value is -3.22. The predicted octanol–water partition coefficient (Wildman–Crippen LogP) is 5.76. The summed E-state index contributed by atoms with van der Waals surface area (Å²) in [6.07, 6.45) is 6.46. The lowest BCUT2D eigenvalue weighted by atomic mass is 9.67. The lowest BCUT2D eigenvalue weighted by Crippen LogP contribution is -2.33. The molecule has 0 unspecified atom stereocenters. The Morgan fingerprint density at radius 1 is 0.767 bits per heavy atom. The van der Waals surface area contributed by atoms with E-state index in [0.29, 0.717) is 5.56 Å². The smallest absolute Gasteiger partial charge is 0.269 e. The van der Waals surface area contributed by atoms with Gasteiger partial charge in [0.25, 0.3) is 5.69 Å². The number of aliphatic hydroxyl groups excluding tert-OH is 4. The fraction of sp³-hybridized carbons (Fsp3) is 0.391. The molecule has 0 aromatic heterocycles. The lowest BCUT2D eigenvalue weighted by Gasteiger charge is -2.38. The second kappa shape index (κ2) is 7.23. The molecule has 0 bridgehead atoms. The van der Waals surface area contributed by atoms with Gasteiger partial charge in [-0.3, -0.25) is 10.1 Å². The van der Waals surface area contributed by atoms with Crippen LogP contribution in [-0.4, -0.2) is 25.3 Å². The quantitative estimate of drug-likeness (QED) is 0.367. The summed E-state index contributed by atoms with van der Waals surface area (Å²) in [6, 6.07) is 5.68. The summed E-state index contributed by atoms with van der Waals surface area (Å²) in [4.78, 5) is 10.5. The van der Waals surface area contributed by atoms with Crippen LogP contribution in [0.1, 0.15) is 39.2 Å². The molecule has 7 nitrogen and oxygen atoms in total. The molecule has 30 heavy (non-hydrogen) atoms. The fourth-order valence-corrected chi connectivity index (χ4v) is 4.40. The van der Waals surface area contributed by atoms with E-state index in [1.54, 1.807) is 24.3 Å². The van der Waals surface area contributed by atoms with Crippen molar-refractivity contribution < 1.29 is 25.3 Å². The average molecular weight is 413 g/mol. The summed E-state index contributed by atoms with van der Waals surface area (Å²) in [5, 5.41) is 54.3. The number of non-ortho nitro benzene ring substituents is 1. The molecule has 0 spiro atoms. The van der Waals surface area contributed by atoms with Crippen LogP contribution in [0.15, 0.2) is 71.6 Å². The maximum Gasteiger partial charge on any atom is 0.269 e. The van der Waals surface area contributed by atoms with Crippen molar-refractivity contribution in [2.24, 2.45) is 22.7 Å². The number of allylic oxidation sites excluding steroid dienone is 4. The molecule has 0 heterocycles. The second-order valence-corrected chi connectivity index (χ2v) is 9.25. The standard InChI is InChI=1S/C23H27NO6/c1-22(2)9-15(25)20(16(26)10-22)19(13-5-7-14(8-6-13)24(29)30)21-17(27)11-23(3,4)12-18(21)28/h5-12,19-21,25-28H,1-4H3. The third kappa shape index (κ3) is 4.06. The number of aliphatic hydroxyl groups is 4. The highest BCUT2D eigenvalue weighted by Crippen LogP contribution is 2.50. The zero-order valence-corrected chi connectivity index (χ0v) is 17.4. The molecule has 2 aliphatic carbocycles. The summed E-state index contributed by atoms with van der Waals surface area (Å²) in [5.74, 6) is -3.02. The maximum atomic E-state index is 11.0. The van der Waals surface area contributed by atoms with Gasteiger partial charge in [-0.1, -0.05) is 39.8 Å². The first-order valence-corrected chi connectivity index (χ1v) is 9.72. The molecular formula is C23H27NO6. The van der Waals surface area contributed by atoms with Gasteiger partial charge in [0.2, 0.25) is 0 Å². The highest BCUT2D eigenvalue weighted by Gasteiger charge is 2.44. The van der Waals surface area contributed by atoms with E-state index in [1.165, 1.54) is 24.3 Å². The number of nitrogens with zero attached hydrogens (tertiary/aromatic N) is 1. The summed E-state index contributed by atoms with van der Waals surface area (Å²) in [5.41, 5.74) is -0.731. The monoisotopic (exact) mass is 413 g/mol. The Balaban J connectivity index is 2.17. The van der Waals surface area contributed by atoms with Crippen LogP contribution in [0.2, 0.25) is 0 Å². The van der Waals surface area contributed by atoms with E-state index in [2.05, 4.69) is 0 Å². The van der Waals surface area contributed by atoms with Crippen LogP contribution in [-0.2, 0) is 0 Å². The molecule has 0 saturated heterocycles. The largest absolute Gasteiger partial charge is 0.512 e. The van der Waals surface area contributed by atoms with Gasteiger partial charge in [-0.15, -0.1) is 0 Å². The van der Waals surface area contributed by atoms with Crippen LogP contribution < -0.4 is 0 Å². The molecule has 0 amide bonds. The minimum atomic E-state index is -0.934. The maximum absolute atomic E-state index is 11.0. The molecule has 7 heteroatoms. The SMILES string of the molecule is CC1(C)C=C(O)C(C(c2ccc([N+](=O)[O-])cc2)C2C(O)=CC(C)(C)C=C2O)C(O)=C1. The van der Waals surface area contributed by atoms with Gasteiger partial charge >= 0.3 is 0 Å². The van der Waals surface area contributed by atoms with E-state index in [9.17, 15) is 30.5 Å². The van der Waals surface area contributed by atoms with Crippen molar-refractivity contribution in [2.75, 3.05) is 0 Å². The molecule has 0 saturated carbocycles. The number of benzene rings is 1. The summed E-state index contributed by atoms with van der Waals surface area (Å²) >= 11 is 0. The van der Waals surface area contributed by atoms with Gasteiger partial charge in [-0.25, -0.2) is 0 Å². The van der Waals surface area contributed by atoms with E-state index in [-0.39, 0.29) is 28.7 Å². The third-order valence-corrected chi connectivity index (χ3v) is 5.56. The van der Waals surface area contributed by atoms with Gasteiger partial charge in [0, 0.05) is 28.9 Å². The predicted molar refractivity (Wildman–Crippen MR) is 113 cm³/mol. The van der Waals surface area contributed by atoms with Crippen molar-refractivity contribution in [1.82, 2.24) is 0 Å². The Labute approximate surface area is 175 Å². The highest BCUT2D eigenvalue weighted by atomic mass is 16.6. The van der Waals surface area contributed by atoms with Gasteiger partial charge in [0.15, 0.2) is 0 Å².